The van der Waals surface area contributed by atoms with Crippen molar-refractivity contribution in [2.75, 3.05) is 13.6 Å². The largest absolute Gasteiger partial charge is 0.368 e. The lowest BCUT2D eigenvalue weighted by atomic mass is 10.3. The number of hydrogen-bond donors (Lipinski definition) is 0. The molecule has 0 N–H and O–H groups in total. The minimum atomic E-state index is 0.130. The number of Topliss-reactive ketones (excluding diaryl/α,β-unsaturated/α-hetero) is 1. The molecule has 66 valence electrons. The van der Waals surface area contributed by atoms with Gasteiger partial charge in [0, 0.05) is 12.7 Å². The molecule has 0 heterocycles. The van der Waals surface area contributed by atoms with E-state index in [0.717, 1.165) is 5.70 Å². The zero-order valence-electron chi connectivity index (χ0n) is 7.71. The van der Waals surface area contributed by atoms with Crippen molar-refractivity contribution in [1.82, 2.24) is 4.90 Å². The molecular weight excluding hydrogens is 150 g/mol. The highest BCUT2D eigenvalue weighted by atomic mass is 16.1. The van der Waals surface area contributed by atoms with Gasteiger partial charge in [0.15, 0.2) is 0 Å². The van der Waals surface area contributed by atoms with Crippen LogP contribution in [0.4, 0.5) is 0 Å². The number of hydrogen-bond acceptors (Lipinski definition) is 2. The second-order valence-corrected chi connectivity index (χ2v) is 2.64. The molecule has 0 aliphatic carbocycles. The Kier molecular flexibility index (Phi) is 4.77. The highest BCUT2D eigenvalue weighted by Gasteiger charge is 2.00. The quantitative estimate of drug-likeness (QED) is 0.578. The van der Waals surface area contributed by atoms with Crippen LogP contribution in [-0.2, 0) is 4.79 Å². The Morgan fingerprint density at radius 1 is 1.58 bits per heavy atom. The van der Waals surface area contributed by atoms with Crippen molar-refractivity contribution in [3.05, 3.63) is 37.1 Å². The summed E-state index contributed by atoms with van der Waals surface area (Å²) >= 11 is 0. The average Bonchev–Trinajstić information content (AvgIpc) is 1.98. The molecule has 12 heavy (non-hydrogen) atoms. The van der Waals surface area contributed by atoms with Gasteiger partial charge < -0.3 is 4.90 Å². The second-order valence-electron chi connectivity index (χ2n) is 2.64. The summed E-state index contributed by atoms with van der Waals surface area (Å²) in [6.07, 6.45) is 5.28. The Balaban J connectivity index is 4.01. The molecule has 0 unspecified atom stereocenters. The van der Waals surface area contributed by atoms with Crippen LogP contribution in [0.3, 0.4) is 0 Å². The van der Waals surface area contributed by atoms with Gasteiger partial charge in [-0.3, -0.25) is 4.79 Å². The van der Waals surface area contributed by atoms with Crippen LogP contribution in [0, 0.1) is 0 Å². The van der Waals surface area contributed by atoms with Crippen molar-refractivity contribution in [2.45, 2.75) is 6.92 Å². The summed E-state index contributed by atoms with van der Waals surface area (Å²) in [4.78, 5) is 12.5. The number of carbonyl (C=O) groups excluding carboxylic acids is 1. The average molecular weight is 165 g/mol. The fraction of sp³-hybridized carbons (Fsp3) is 0.300. The molecule has 0 rings (SSSR count). The summed E-state index contributed by atoms with van der Waals surface area (Å²) < 4.78 is 0. The minimum absolute atomic E-state index is 0.130. The van der Waals surface area contributed by atoms with Crippen LogP contribution < -0.4 is 0 Å². The maximum absolute atomic E-state index is 10.7. The lowest BCUT2D eigenvalue weighted by molar-refractivity contribution is -0.117. The molecule has 0 spiro atoms. The van der Waals surface area contributed by atoms with Crippen LogP contribution in [-0.4, -0.2) is 24.3 Å². The van der Waals surface area contributed by atoms with E-state index in [0.29, 0.717) is 6.54 Å². The monoisotopic (exact) mass is 165 g/mol. The molecule has 0 amide bonds. The number of nitrogens with zero attached hydrogens (tertiary/aromatic N) is 1. The second kappa shape index (κ2) is 5.35. The van der Waals surface area contributed by atoms with Crippen molar-refractivity contribution >= 4 is 5.78 Å². The number of rotatable bonds is 5. The smallest absolute Gasteiger partial charge is 0.149 e. The standard InChI is InChI=1S/C10H15NO/c1-5-6-7-9(2)11(4)8-10(3)12/h5-7H,1-2,8H2,3-4H3/b7-6-. The van der Waals surface area contributed by atoms with E-state index >= 15 is 0 Å². The van der Waals surface area contributed by atoms with Crippen molar-refractivity contribution < 1.29 is 4.79 Å². The molecular formula is C10H15NO. The van der Waals surface area contributed by atoms with E-state index in [1.54, 1.807) is 24.0 Å². The molecule has 0 fully saturated rings. The van der Waals surface area contributed by atoms with Gasteiger partial charge in [0.1, 0.15) is 5.78 Å². The van der Waals surface area contributed by atoms with Crippen LogP contribution in [0.1, 0.15) is 6.92 Å². The van der Waals surface area contributed by atoms with E-state index in [2.05, 4.69) is 13.2 Å². The molecule has 2 nitrogen and oxygen atoms in total. The summed E-state index contributed by atoms with van der Waals surface area (Å²) in [6, 6.07) is 0. The Labute approximate surface area is 73.9 Å². The van der Waals surface area contributed by atoms with Gasteiger partial charge in [-0.25, -0.2) is 0 Å². The minimum Gasteiger partial charge on any atom is -0.368 e. The first-order valence-corrected chi connectivity index (χ1v) is 3.76. The van der Waals surface area contributed by atoms with Crippen molar-refractivity contribution in [2.24, 2.45) is 0 Å². The fourth-order valence-electron chi connectivity index (χ4n) is 0.742. The third-order valence-electron chi connectivity index (χ3n) is 1.37. The van der Waals surface area contributed by atoms with Gasteiger partial charge in [0.2, 0.25) is 0 Å². The normalized spacial score (nSPS) is 9.83. The first-order chi connectivity index (χ1) is 5.57. The summed E-state index contributed by atoms with van der Waals surface area (Å²) in [6.45, 7) is 9.28. The summed E-state index contributed by atoms with van der Waals surface area (Å²) in [5.41, 5.74) is 0.810. The van der Waals surface area contributed by atoms with E-state index in [1.165, 1.54) is 0 Å². The Morgan fingerprint density at radius 3 is 2.58 bits per heavy atom. The van der Waals surface area contributed by atoms with E-state index in [9.17, 15) is 4.79 Å². The third kappa shape index (κ3) is 4.50. The van der Waals surface area contributed by atoms with Crippen molar-refractivity contribution in [3.8, 4) is 0 Å². The zero-order valence-corrected chi connectivity index (χ0v) is 7.71. The third-order valence-corrected chi connectivity index (χ3v) is 1.37. The molecule has 0 atom stereocenters. The lowest BCUT2D eigenvalue weighted by Gasteiger charge is -2.16. The van der Waals surface area contributed by atoms with Gasteiger partial charge in [-0.15, -0.1) is 0 Å². The number of allylic oxidation sites excluding steroid dienone is 3. The molecule has 2 heteroatoms. The zero-order chi connectivity index (χ0) is 9.56. The first-order valence-electron chi connectivity index (χ1n) is 3.76. The number of likely N-dealkylation sites (N-methyl/N-ethyl adjacent to an activating group) is 1. The maximum atomic E-state index is 10.7. The van der Waals surface area contributed by atoms with Gasteiger partial charge in [0.25, 0.3) is 0 Å². The molecule has 0 aliphatic rings. The molecule has 0 aromatic carbocycles. The van der Waals surface area contributed by atoms with E-state index in [-0.39, 0.29) is 5.78 Å². The molecule has 0 bridgehead atoms. The van der Waals surface area contributed by atoms with E-state index in [1.807, 2.05) is 13.1 Å². The van der Waals surface area contributed by atoms with Gasteiger partial charge in [0.05, 0.1) is 6.54 Å². The van der Waals surface area contributed by atoms with Crippen LogP contribution in [0.2, 0.25) is 0 Å². The van der Waals surface area contributed by atoms with Crippen LogP contribution in [0.25, 0.3) is 0 Å². The number of carbonyl (C=O) groups is 1. The molecule has 0 aliphatic heterocycles. The molecule has 0 radical (unpaired) electrons. The Morgan fingerprint density at radius 2 is 2.17 bits per heavy atom. The topological polar surface area (TPSA) is 20.3 Å². The lowest BCUT2D eigenvalue weighted by Crippen LogP contribution is -2.22. The summed E-state index contributed by atoms with van der Waals surface area (Å²) in [5, 5.41) is 0. The SMILES string of the molecule is C=C/C=C\C(=C)N(C)CC(C)=O. The van der Waals surface area contributed by atoms with Crippen LogP contribution in [0.15, 0.2) is 37.1 Å². The van der Waals surface area contributed by atoms with Crippen molar-refractivity contribution in [3.63, 3.8) is 0 Å². The van der Waals surface area contributed by atoms with Gasteiger partial charge in [-0.05, 0) is 13.0 Å². The number of ketones is 1. The van der Waals surface area contributed by atoms with Crippen molar-refractivity contribution in [1.29, 1.82) is 0 Å². The highest BCUT2D eigenvalue weighted by Crippen LogP contribution is 1.99. The fourth-order valence-corrected chi connectivity index (χ4v) is 0.742. The van der Waals surface area contributed by atoms with Gasteiger partial charge in [-0.2, -0.15) is 0 Å². The molecule has 0 aromatic heterocycles. The Bertz CT molecular complexity index is 216. The summed E-state index contributed by atoms with van der Waals surface area (Å²) in [5.74, 6) is 0.130. The summed E-state index contributed by atoms with van der Waals surface area (Å²) in [7, 11) is 1.83. The predicted octanol–water partition coefficient (Wildman–Crippen LogP) is 1.76. The van der Waals surface area contributed by atoms with Gasteiger partial charge >= 0.3 is 0 Å². The Hall–Kier alpha value is -1.31. The first kappa shape index (κ1) is 10.7. The highest BCUT2D eigenvalue weighted by molar-refractivity contribution is 5.77. The molecule has 0 saturated heterocycles. The predicted molar refractivity (Wildman–Crippen MR) is 51.8 cm³/mol. The molecule has 0 aromatic rings. The molecule has 0 saturated carbocycles. The van der Waals surface area contributed by atoms with E-state index < -0.39 is 0 Å². The van der Waals surface area contributed by atoms with Gasteiger partial charge in [-0.1, -0.05) is 25.3 Å². The maximum Gasteiger partial charge on any atom is 0.149 e. The van der Waals surface area contributed by atoms with Crippen LogP contribution in [0.5, 0.6) is 0 Å². The van der Waals surface area contributed by atoms with Crippen LogP contribution >= 0.6 is 0 Å². The van der Waals surface area contributed by atoms with E-state index in [4.69, 9.17) is 0 Å².